The van der Waals surface area contributed by atoms with Gasteiger partial charge in [-0.1, -0.05) is 24.3 Å². The lowest BCUT2D eigenvalue weighted by atomic mass is 10.1. The topological polar surface area (TPSA) is 95.6 Å². The number of hydrogen-bond donors (Lipinski definition) is 2. The average Bonchev–Trinajstić information content (AvgIpc) is 3.09. The molecule has 2 aromatic rings. The van der Waals surface area contributed by atoms with E-state index in [9.17, 15) is 22.4 Å². The van der Waals surface area contributed by atoms with Crippen LogP contribution in [0.3, 0.4) is 0 Å². The van der Waals surface area contributed by atoms with E-state index in [1.165, 1.54) is 17.0 Å². The molecule has 9 heteroatoms. The summed E-state index contributed by atoms with van der Waals surface area (Å²) < 4.78 is 40.5. The van der Waals surface area contributed by atoms with Crippen molar-refractivity contribution < 1.29 is 22.4 Å². The van der Waals surface area contributed by atoms with Crippen molar-refractivity contribution in [1.29, 1.82) is 0 Å². The van der Waals surface area contributed by atoms with Gasteiger partial charge in [0.2, 0.25) is 21.8 Å². The van der Waals surface area contributed by atoms with Crippen LogP contribution in [0.1, 0.15) is 17.5 Å². The molecule has 1 atom stereocenters. The van der Waals surface area contributed by atoms with Crippen LogP contribution in [-0.2, 0) is 25.4 Å². The number of benzene rings is 2. The van der Waals surface area contributed by atoms with Gasteiger partial charge in [-0.2, -0.15) is 0 Å². The Balaban J connectivity index is 1.61. The molecule has 0 radical (unpaired) electrons. The number of anilines is 2. The van der Waals surface area contributed by atoms with Gasteiger partial charge in [-0.15, -0.1) is 6.58 Å². The van der Waals surface area contributed by atoms with Crippen molar-refractivity contribution in [3.63, 3.8) is 0 Å². The molecule has 2 N–H and O–H groups in total. The predicted octanol–water partition coefficient (Wildman–Crippen LogP) is 2.73. The second kappa shape index (κ2) is 9.40. The maximum Gasteiger partial charge on any atom is 0.229 e. The maximum absolute atomic E-state index is 14.2. The number of hydrogen-bond acceptors (Lipinski definition) is 4. The molecule has 1 aliphatic rings. The molecule has 0 aromatic heterocycles. The first-order chi connectivity index (χ1) is 14.7. The first kappa shape index (κ1) is 22.6. The third kappa shape index (κ3) is 5.77. The van der Waals surface area contributed by atoms with Crippen molar-refractivity contribution in [2.75, 3.05) is 23.3 Å². The van der Waals surface area contributed by atoms with E-state index in [0.717, 1.165) is 5.56 Å². The van der Waals surface area contributed by atoms with Gasteiger partial charge in [0.05, 0.1) is 17.4 Å². The minimum Gasteiger partial charge on any atom is -0.326 e. The Morgan fingerprint density at radius 1 is 1.26 bits per heavy atom. The van der Waals surface area contributed by atoms with E-state index in [4.69, 9.17) is 0 Å². The fraction of sp³-hybridized carbons (Fsp3) is 0.273. The van der Waals surface area contributed by atoms with Crippen LogP contribution in [0.2, 0.25) is 0 Å². The summed E-state index contributed by atoms with van der Waals surface area (Å²) in [6.45, 7) is 5.47. The zero-order valence-electron chi connectivity index (χ0n) is 17.1. The van der Waals surface area contributed by atoms with E-state index in [-0.39, 0.29) is 42.8 Å². The van der Waals surface area contributed by atoms with Crippen molar-refractivity contribution in [2.24, 2.45) is 5.92 Å². The number of nitrogens with one attached hydrogen (secondary N) is 2. The Bertz CT molecular complexity index is 1100. The monoisotopic (exact) mass is 445 g/mol. The fourth-order valence-electron chi connectivity index (χ4n) is 3.33. The van der Waals surface area contributed by atoms with E-state index in [2.05, 4.69) is 16.6 Å². The number of nitrogens with zero attached hydrogens (tertiary/aromatic N) is 1. The summed E-state index contributed by atoms with van der Waals surface area (Å²) in [5.74, 6) is -1.96. The van der Waals surface area contributed by atoms with Crippen molar-refractivity contribution in [1.82, 2.24) is 4.72 Å². The maximum atomic E-state index is 14.2. The van der Waals surface area contributed by atoms with E-state index in [0.29, 0.717) is 11.3 Å². The Morgan fingerprint density at radius 2 is 1.97 bits per heavy atom. The molecule has 1 saturated heterocycles. The van der Waals surface area contributed by atoms with Crippen LogP contribution in [0.15, 0.2) is 55.1 Å². The highest BCUT2D eigenvalue weighted by Gasteiger charge is 2.36. The van der Waals surface area contributed by atoms with Crippen LogP contribution in [0.25, 0.3) is 0 Å². The van der Waals surface area contributed by atoms with Gasteiger partial charge in [-0.25, -0.2) is 17.5 Å². The Morgan fingerprint density at radius 3 is 2.61 bits per heavy atom. The van der Waals surface area contributed by atoms with Gasteiger partial charge in [-0.3, -0.25) is 9.59 Å². The summed E-state index contributed by atoms with van der Waals surface area (Å²) in [6.07, 6.45) is 1.45. The lowest BCUT2D eigenvalue weighted by Gasteiger charge is -2.18. The van der Waals surface area contributed by atoms with Crippen molar-refractivity contribution in [3.05, 3.63) is 72.1 Å². The summed E-state index contributed by atoms with van der Waals surface area (Å²) in [4.78, 5) is 26.2. The number of rotatable bonds is 8. The molecule has 0 aliphatic carbocycles. The molecule has 0 spiro atoms. The summed E-state index contributed by atoms with van der Waals surface area (Å²) in [5, 5.41) is 2.73. The highest BCUT2D eigenvalue weighted by atomic mass is 32.2. The standard InChI is InChI=1S/C22H24FN3O4S/c1-3-10-24-31(29,30)14-16-5-7-18(8-6-16)25-22(28)17-12-21(27)26(13-17)20-9-4-15(2)11-19(20)23/h3-9,11,17,24H,1,10,12-14H2,2H3,(H,25,28). The number of halogens is 1. The van der Waals surface area contributed by atoms with Crippen LogP contribution in [0, 0.1) is 18.7 Å². The summed E-state index contributed by atoms with van der Waals surface area (Å²) in [7, 11) is -3.47. The second-order valence-corrected chi connectivity index (χ2v) is 9.25. The van der Waals surface area contributed by atoms with Crippen molar-refractivity contribution in [2.45, 2.75) is 19.1 Å². The van der Waals surface area contributed by atoms with E-state index >= 15 is 0 Å². The zero-order chi connectivity index (χ0) is 22.6. The van der Waals surface area contributed by atoms with Crippen LogP contribution in [0.4, 0.5) is 15.8 Å². The lowest BCUT2D eigenvalue weighted by molar-refractivity contribution is -0.122. The molecule has 2 amide bonds. The molecule has 0 saturated carbocycles. The van der Waals surface area contributed by atoms with Gasteiger partial charge in [-0.05, 0) is 42.3 Å². The second-order valence-electron chi connectivity index (χ2n) is 7.44. The van der Waals surface area contributed by atoms with Crippen LogP contribution < -0.4 is 14.9 Å². The molecule has 2 aromatic carbocycles. The number of sulfonamides is 1. The van der Waals surface area contributed by atoms with Gasteiger partial charge in [0.1, 0.15) is 5.82 Å². The Kier molecular flexibility index (Phi) is 6.87. The number of aryl methyl sites for hydroxylation is 1. The summed E-state index contributed by atoms with van der Waals surface area (Å²) >= 11 is 0. The molecule has 1 fully saturated rings. The van der Waals surface area contributed by atoms with Crippen LogP contribution in [0.5, 0.6) is 0 Å². The third-order valence-electron chi connectivity index (χ3n) is 4.92. The van der Waals surface area contributed by atoms with Crippen LogP contribution >= 0.6 is 0 Å². The molecular formula is C22H24FN3O4S. The SMILES string of the molecule is C=CCNS(=O)(=O)Cc1ccc(NC(=O)C2CC(=O)N(c3ccc(C)cc3F)C2)cc1. The smallest absolute Gasteiger partial charge is 0.229 e. The lowest BCUT2D eigenvalue weighted by Crippen LogP contribution is -2.28. The molecule has 1 aliphatic heterocycles. The third-order valence-corrected chi connectivity index (χ3v) is 6.24. The first-order valence-electron chi connectivity index (χ1n) is 9.73. The van der Waals surface area contributed by atoms with Gasteiger partial charge >= 0.3 is 0 Å². The Hall–Kier alpha value is -3.04. The number of amides is 2. The zero-order valence-corrected chi connectivity index (χ0v) is 17.9. The average molecular weight is 446 g/mol. The highest BCUT2D eigenvalue weighted by Crippen LogP contribution is 2.28. The molecule has 164 valence electrons. The normalized spacial score (nSPS) is 16.4. The molecule has 31 heavy (non-hydrogen) atoms. The molecule has 0 bridgehead atoms. The quantitative estimate of drug-likeness (QED) is 0.611. The predicted molar refractivity (Wildman–Crippen MR) is 117 cm³/mol. The molecule has 1 unspecified atom stereocenters. The number of carbonyl (C=O) groups is 2. The molecule has 7 nitrogen and oxygen atoms in total. The molecular weight excluding hydrogens is 421 g/mol. The minimum atomic E-state index is -3.47. The fourth-order valence-corrected chi connectivity index (χ4v) is 4.44. The van der Waals surface area contributed by atoms with E-state index < -0.39 is 21.8 Å². The largest absolute Gasteiger partial charge is 0.326 e. The summed E-state index contributed by atoms with van der Waals surface area (Å²) in [6, 6.07) is 11.0. The number of carbonyl (C=O) groups excluding carboxylic acids is 2. The van der Waals surface area contributed by atoms with Crippen LogP contribution in [-0.4, -0.2) is 33.3 Å². The van der Waals surface area contributed by atoms with E-state index in [1.54, 1.807) is 43.3 Å². The van der Waals surface area contributed by atoms with Crippen molar-refractivity contribution in [3.8, 4) is 0 Å². The molecule has 3 rings (SSSR count). The van der Waals surface area contributed by atoms with E-state index in [1.807, 2.05) is 0 Å². The highest BCUT2D eigenvalue weighted by molar-refractivity contribution is 7.88. The van der Waals surface area contributed by atoms with Gasteiger partial charge in [0, 0.05) is 25.2 Å². The Labute approximate surface area is 181 Å². The van der Waals surface area contributed by atoms with Crippen molar-refractivity contribution >= 4 is 33.2 Å². The first-order valence-corrected chi connectivity index (χ1v) is 11.4. The van der Waals surface area contributed by atoms with Gasteiger partial charge in [0.15, 0.2) is 0 Å². The van der Waals surface area contributed by atoms with Gasteiger partial charge in [0.25, 0.3) is 0 Å². The van der Waals surface area contributed by atoms with Gasteiger partial charge < -0.3 is 10.2 Å². The molecule has 1 heterocycles. The summed E-state index contributed by atoms with van der Waals surface area (Å²) in [5.41, 5.74) is 1.96. The minimum absolute atomic E-state index is 0.00947.